The lowest BCUT2D eigenvalue weighted by Gasteiger charge is -2.17. The van der Waals surface area contributed by atoms with E-state index in [-0.39, 0.29) is 5.91 Å². The Morgan fingerprint density at radius 3 is 2.47 bits per heavy atom. The molecule has 1 heterocycles. The first-order chi connectivity index (χ1) is 8.93. The van der Waals surface area contributed by atoms with E-state index in [2.05, 4.69) is 16.9 Å². The largest absolute Gasteiger partial charge is 0.394 e. The van der Waals surface area contributed by atoms with E-state index >= 15 is 0 Å². The molecule has 0 radical (unpaired) electrons. The molecule has 0 aromatic carbocycles. The maximum Gasteiger partial charge on any atom is 0.269 e. The number of hydrogen-bond acceptors (Lipinski definition) is 4. The summed E-state index contributed by atoms with van der Waals surface area (Å²) >= 11 is 0. The Bertz CT molecular complexity index is 358. The molecule has 0 unspecified atom stereocenters. The third-order valence-corrected chi connectivity index (χ3v) is 2.89. The van der Waals surface area contributed by atoms with Gasteiger partial charge in [-0.1, -0.05) is 13.8 Å². The first-order valence-corrected chi connectivity index (χ1v) is 6.83. The number of rotatable bonds is 2. The molecule has 0 aromatic heterocycles. The van der Waals surface area contributed by atoms with Crippen molar-refractivity contribution in [2.45, 2.75) is 27.2 Å². The number of amides is 1. The minimum atomic E-state index is -0.155. The van der Waals surface area contributed by atoms with E-state index in [1.54, 1.807) is 14.1 Å². The van der Waals surface area contributed by atoms with E-state index in [1.807, 2.05) is 20.8 Å². The van der Waals surface area contributed by atoms with Crippen LogP contribution < -0.4 is 5.73 Å². The smallest absolute Gasteiger partial charge is 0.269 e. The summed E-state index contributed by atoms with van der Waals surface area (Å²) in [5.41, 5.74) is 7.91. The summed E-state index contributed by atoms with van der Waals surface area (Å²) in [6.07, 6.45) is 1.05. The van der Waals surface area contributed by atoms with Gasteiger partial charge in [0.2, 0.25) is 0 Å². The molecule has 0 aliphatic carbocycles. The van der Waals surface area contributed by atoms with Crippen molar-refractivity contribution in [3.8, 4) is 0 Å². The van der Waals surface area contributed by atoms with E-state index in [0.717, 1.165) is 37.3 Å². The summed E-state index contributed by atoms with van der Waals surface area (Å²) < 4.78 is 0. The van der Waals surface area contributed by atoms with Crippen molar-refractivity contribution in [1.29, 1.82) is 0 Å². The fraction of sp³-hybridized carbons (Fsp3) is 0.714. The van der Waals surface area contributed by atoms with Gasteiger partial charge in [0.05, 0.1) is 5.71 Å². The molecule has 0 saturated carbocycles. The molecule has 1 aliphatic heterocycles. The van der Waals surface area contributed by atoms with E-state index in [0.29, 0.717) is 5.70 Å². The highest BCUT2D eigenvalue weighted by Crippen LogP contribution is 2.08. The second-order valence-corrected chi connectivity index (χ2v) is 4.66. The zero-order valence-electron chi connectivity index (χ0n) is 13.2. The molecule has 0 aromatic rings. The summed E-state index contributed by atoms with van der Waals surface area (Å²) in [6, 6.07) is 0. The van der Waals surface area contributed by atoms with Crippen LogP contribution in [-0.2, 0) is 4.79 Å². The normalized spacial score (nSPS) is 17.5. The number of hydrogen-bond donors (Lipinski definition) is 1. The standard InChI is InChI=1S/C12H22N4O.C2H6/c1-9(11(13)12(17)15(2)3)10-8-16(4)7-5-6-14-10;1-2/h5-8,13H2,1-4H3;1-2H3/b11-9-;. The zero-order chi connectivity index (χ0) is 15.0. The molecule has 0 spiro atoms. The Morgan fingerprint density at radius 1 is 1.37 bits per heavy atom. The molecule has 5 nitrogen and oxygen atoms in total. The van der Waals surface area contributed by atoms with Gasteiger partial charge in [0.25, 0.3) is 5.91 Å². The molecule has 0 fully saturated rings. The zero-order valence-corrected chi connectivity index (χ0v) is 13.2. The Hall–Kier alpha value is -1.36. The second kappa shape index (κ2) is 8.69. The Balaban J connectivity index is 0.00000154. The van der Waals surface area contributed by atoms with Crippen molar-refractivity contribution >= 4 is 11.6 Å². The number of likely N-dealkylation sites (N-methyl/N-ethyl adjacent to an activating group) is 1. The Labute approximate surface area is 117 Å². The van der Waals surface area contributed by atoms with Crippen LogP contribution in [-0.4, -0.2) is 62.2 Å². The van der Waals surface area contributed by atoms with Crippen LogP contribution >= 0.6 is 0 Å². The fourth-order valence-corrected chi connectivity index (χ4v) is 1.73. The Kier molecular flexibility index (Phi) is 8.07. The Morgan fingerprint density at radius 2 is 1.95 bits per heavy atom. The van der Waals surface area contributed by atoms with Crippen LogP contribution in [0.3, 0.4) is 0 Å². The lowest BCUT2D eigenvalue weighted by Crippen LogP contribution is -2.32. The molecule has 0 bridgehead atoms. The number of carbonyl (C=O) groups excluding carboxylic acids is 1. The van der Waals surface area contributed by atoms with Gasteiger partial charge in [0.1, 0.15) is 5.70 Å². The SMILES string of the molecule is C/C(C1=NCCCN(C)C1)=C(/N)C(=O)N(C)C.CC. The van der Waals surface area contributed by atoms with Crippen LogP contribution in [0.2, 0.25) is 0 Å². The van der Waals surface area contributed by atoms with Crippen LogP contribution in [0.1, 0.15) is 27.2 Å². The van der Waals surface area contributed by atoms with Crippen molar-refractivity contribution in [2.75, 3.05) is 40.8 Å². The number of carbonyl (C=O) groups is 1. The average molecular weight is 268 g/mol. The van der Waals surface area contributed by atoms with E-state index in [4.69, 9.17) is 5.73 Å². The van der Waals surface area contributed by atoms with Gasteiger partial charge in [0.15, 0.2) is 0 Å². The molecular formula is C14H28N4O. The van der Waals surface area contributed by atoms with Crippen LogP contribution in [0.25, 0.3) is 0 Å². The first kappa shape index (κ1) is 17.6. The molecule has 5 heteroatoms. The van der Waals surface area contributed by atoms with Crippen molar-refractivity contribution in [3.05, 3.63) is 11.3 Å². The lowest BCUT2D eigenvalue weighted by molar-refractivity contribution is -0.124. The molecular weight excluding hydrogens is 240 g/mol. The molecule has 0 atom stereocenters. The van der Waals surface area contributed by atoms with Crippen molar-refractivity contribution in [3.63, 3.8) is 0 Å². The third kappa shape index (κ3) is 5.42. The number of nitrogens with two attached hydrogens (primary N) is 1. The molecule has 0 saturated heterocycles. The summed E-state index contributed by atoms with van der Waals surface area (Å²) in [4.78, 5) is 20.0. The highest BCUT2D eigenvalue weighted by molar-refractivity contribution is 6.08. The van der Waals surface area contributed by atoms with Gasteiger partial charge in [-0.25, -0.2) is 0 Å². The average Bonchev–Trinajstić information content (AvgIpc) is 2.63. The molecule has 1 amide bonds. The maximum atomic E-state index is 11.8. The highest BCUT2D eigenvalue weighted by atomic mass is 16.2. The van der Waals surface area contributed by atoms with Crippen molar-refractivity contribution in [1.82, 2.24) is 9.80 Å². The van der Waals surface area contributed by atoms with Gasteiger partial charge >= 0.3 is 0 Å². The molecule has 19 heavy (non-hydrogen) atoms. The first-order valence-electron chi connectivity index (χ1n) is 6.83. The third-order valence-electron chi connectivity index (χ3n) is 2.89. The van der Waals surface area contributed by atoms with Crippen LogP contribution in [0, 0.1) is 0 Å². The van der Waals surface area contributed by atoms with E-state index in [9.17, 15) is 4.79 Å². The van der Waals surface area contributed by atoms with E-state index in [1.165, 1.54) is 4.90 Å². The van der Waals surface area contributed by atoms with Gasteiger partial charge in [-0.2, -0.15) is 0 Å². The van der Waals surface area contributed by atoms with Crippen molar-refractivity contribution in [2.24, 2.45) is 10.7 Å². The van der Waals surface area contributed by atoms with Crippen LogP contribution in [0.4, 0.5) is 0 Å². The second-order valence-electron chi connectivity index (χ2n) is 4.66. The van der Waals surface area contributed by atoms with Gasteiger partial charge in [-0.15, -0.1) is 0 Å². The quantitative estimate of drug-likeness (QED) is 0.763. The molecule has 110 valence electrons. The molecule has 2 N–H and O–H groups in total. The van der Waals surface area contributed by atoms with Gasteiger partial charge in [-0.05, 0) is 26.0 Å². The molecule has 1 rings (SSSR count). The predicted octanol–water partition coefficient (Wildman–Crippen LogP) is 1.11. The fourth-order valence-electron chi connectivity index (χ4n) is 1.73. The van der Waals surface area contributed by atoms with Crippen molar-refractivity contribution < 1.29 is 4.79 Å². The lowest BCUT2D eigenvalue weighted by atomic mass is 10.1. The summed E-state index contributed by atoms with van der Waals surface area (Å²) in [6.45, 7) is 8.46. The predicted molar refractivity (Wildman–Crippen MR) is 81.3 cm³/mol. The maximum absolute atomic E-state index is 11.8. The topological polar surface area (TPSA) is 61.9 Å². The summed E-state index contributed by atoms with van der Waals surface area (Å²) in [5.74, 6) is -0.155. The molecule has 1 aliphatic rings. The van der Waals surface area contributed by atoms with Gasteiger partial charge in [0, 0.05) is 33.7 Å². The number of nitrogens with zero attached hydrogens (tertiary/aromatic N) is 3. The van der Waals surface area contributed by atoms with Crippen LogP contribution in [0.5, 0.6) is 0 Å². The summed E-state index contributed by atoms with van der Waals surface area (Å²) in [5, 5.41) is 0. The summed E-state index contributed by atoms with van der Waals surface area (Å²) in [7, 11) is 5.45. The minimum Gasteiger partial charge on any atom is -0.394 e. The minimum absolute atomic E-state index is 0.155. The van der Waals surface area contributed by atoms with Gasteiger partial charge in [-0.3, -0.25) is 9.79 Å². The highest BCUT2D eigenvalue weighted by Gasteiger charge is 2.17. The van der Waals surface area contributed by atoms with E-state index < -0.39 is 0 Å². The van der Waals surface area contributed by atoms with Gasteiger partial charge < -0.3 is 15.5 Å². The number of aliphatic imine (C=N–C) groups is 1. The van der Waals surface area contributed by atoms with Crippen LogP contribution in [0.15, 0.2) is 16.3 Å². The monoisotopic (exact) mass is 268 g/mol.